The van der Waals surface area contributed by atoms with Crippen molar-refractivity contribution in [1.82, 2.24) is 19.1 Å². The van der Waals surface area contributed by atoms with Crippen molar-refractivity contribution in [3.63, 3.8) is 0 Å². The van der Waals surface area contributed by atoms with Crippen LogP contribution in [0.1, 0.15) is 25.3 Å². The highest BCUT2D eigenvalue weighted by molar-refractivity contribution is 7.88. The number of anilines is 1. The minimum Gasteiger partial charge on any atom is -0.486 e. The molecule has 4 aromatic rings. The fourth-order valence-corrected chi connectivity index (χ4v) is 6.89. The number of nitro groups is 1. The van der Waals surface area contributed by atoms with Crippen LogP contribution >= 0.6 is 11.6 Å². The molecule has 0 radical (unpaired) electrons. The summed E-state index contributed by atoms with van der Waals surface area (Å²) in [6, 6.07) is 13.3. The highest BCUT2D eigenvalue weighted by Crippen LogP contribution is 2.45. The van der Waals surface area contributed by atoms with Crippen LogP contribution in [0.25, 0.3) is 16.6 Å². The molecular formula is C29H29ClN6O6S. The Morgan fingerprint density at radius 1 is 1.09 bits per heavy atom. The second-order valence-corrected chi connectivity index (χ2v) is 13.6. The van der Waals surface area contributed by atoms with Gasteiger partial charge < -0.3 is 9.64 Å². The summed E-state index contributed by atoms with van der Waals surface area (Å²) in [4.78, 5) is 31.0. The number of halogens is 1. The van der Waals surface area contributed by atoms with E-state index < -0.39 is 26.3 Å². The Hall–Kier alpha value is -4.07. The van der Waals surface area contributed by atoms with E-state index in [1.54, 1.807) is 48.7 Å². The first-order valence-corrected chi connectivity index (χ1v) is 15.8. The lowest BCUT2D eigenvalue weighted by atomic mass is 10.1. The fraction of sp³-hybridized carbons (Fsp3) is 0.345. The summed E-state index contributed by atoms with van der Waals surface area (Å²) in [6.07, 6.45) is 5.02. The van der Waals surface area contributed by atoms with Crippen LogP contribution < -0.4 is 15.2 Å². The molecule has 1 saturated carbocycles. The van der Waals surface area contributed by atoms with E-state index in [9.17, 15) is 23.3 Å². The maximum Gasteiger partial charge on any atom is 0.316 e. The minimum atomic E-state index is -3.90. The molecule has 2 aromatic heterocycles. The van der Waals surface area contributed by atoms with Gasteiger partial charge in [-0.05, 0) is 37.1 Å². The molecule has 0 amide bonds. The molecule has 3 heterocycles. The van der Waals surface area contributed by atoms with Gasteiger partial charge in [0.15, 0.2) is 0 Å². The standard InChI is InChI=1S/C29H29ClN6O6S/c1-29(9-10-29)19-42-27-24(17-32-35(28(27)37)23-6-2-5-22(30)16-23)33-12-14-34(15-13-33)43(40,41)18-21-8-7-20-4-3-11-31-25(20)26(21)36(38)39/h2-8,11,16-17H,9-10,12-15,18-19H2,1H3. The van der Waals surface area contributed by atoms with Gasteiger partial charge in [-0.1, -0.05) is 42.8 Å². The van der Waals surface area contributed by atoms with Gasteiger partial charge in [0.25, 0.3) is 5.69 Å². The Labute approximate surface area is 252 Å². The molecule has 0 atom stereocenters. The number of hydrogen-bond donors (Lipinski definition) is 0. The number of aromatic nitrogens is 3. The first-order valence-electron chi connectivity index (χ1n) is 13.8. The molecule has 43 heavy (non-hydrogen) atoms. The van der Waals surface area contributed by atoms with E-state index in [1.165, 1.54) is 21.3 Å². The Kier molecular flexibility index (Phi) is 7.57. The molecule has 0 N–H and O–H groups in total. The number of pyridine rings is 1. The van der Waals surface area contributed by atoms with Gasteiger partial charge in [0.1, 0.15) is 11.2 Å². The van der Waals surface area contributed by atoms with E-state index in [-0.39, 0.29) is 54.1 Å². The van der Waals surface area contributed by atoms with Gasteiger partial charge in [-0.2, -0.15) is 14.1 Å². The van der Waals surface area contributed by atoms with E-state index >= 15 is 0 Å². The number of fused-ring (bicyclic) bond motifs is 1. The van der Waals surface area contributed by atoms with Crippen molar-refractivity contribution in [2.75, 3.05) is 37.7 Å². The summed E-state index contributed by atoms with van der Waals surface area (Å²) in [5.41, 5.74) is 0.492. The van der Waals surface area contributed by atoms with Crippen molar-refractivity contribution in [2.45, 2.75) is 25.5 Å². The van der Waals surface area contributed by atoms with Crippen LogP contribution in [0.15, 0.2) is 65.7 Å². The number of piperazine rings is 1. The fourth-order valence-electron chi connectivity index (χ4n) is 5.17. The topological polar surface area (TPSA) is 141 Å². The average Bonchev–Trinajstić information content (AvgIpc) is 3.73. The molecule has 12 nitrogen and oxygen atoms in total. The highest BCUT2D eigenvalue weighted by Gasteiger charge is 2.39. The Morgan fingerprint density at radius 2 is 1.86 bits per heavy atom. The van der Waals surface area contributed by atoms with E-state index in [4.69, 9.17) is 16.3 Å². The molecule has 1 aliphatic carbocycles. The normalized spacial score (nSPS) is 16.7. The zero-order valence-corrected chi connectivity index (χ0v) is 24.9. The summed E-state index contributed by atoms with van der Waals surface area (Å²) >= 11 is 6.15. The number of benzene rings is 2. The molecule has 1 aliphatic heterocycles. The van der Waals surface area contributed by atoms with Crippen molar-refractivity contribution in [3.8, 4) is 11.4 Å². The van der Waals surface area contributed by atoms with Crippen LogP contribution in [-0.2, 0) is 15.8 Å². The summed E-state index contributed by atoms with van der Waals surface area (Å²) in [5, 5.41) is 17.3. The Balaban J connectivity index is 1.24. The largest absolute Gasteiger partial charge is 0.486 e. The third-order valence-corrected chi connectivity index (χ3v) is 10.0. The lowest BCUT2D eigenvalue weighted by Crippen LogP contribution is -2.49. The molecule has 2 fully saturated rings. The maximum atomic E-state index is 13.6. The van der Waals surface area contributed by atoms with Crippen LogP contribution in [0.4, 0.5) is 11.4 Å². The van der Waals surface area contributed by atoms with Gasteiger partial charge in [-0.3, -0.25) is 14.9 Å². The summed E-state index contributed by atoms with van der Waals surface area (Å²) < 4.78 is 35.6. The number of hydrogen-bond acceptors (Lipinski definition) is 9. The molecule has 2 aromatic carbocycles. The van der Waals surface area contributed by atoms with Crippen LogP contribution in [0, 0.1) is 15.5 Å². The summed E-state index contributed by atoms with van der Waals surface area (Å²) in [7, 11) is -3.90. The molecule has 6 rings (SSSR count). The van der Waals surface area contributed by atoms with Gasteiger partial charge in [0.05, 0.1) is 29.2 Å². The molecule has 14 heteroatoms. The summed E-state index contributed by atoms with van der Waals surface area (Å²) in [6.45, 7) is 3.27. The lowest BCUT2D eigenvalue weighted by Gasteiger charge is -2.35. The van der Waals surface area contributed by atoms with Crippen molar-refractivity contribution >= 4 is 43.9 Å². The van der Waals surface area contributed by atoms with Crippen molar-refractivity contribution in [2.24, 2.45) is 5.41 Å². The number of nitrogens with zero attached hydrogens (tertiary/aromatic N) is 6. The number of nitro benzene ring substituents is 1. The Morgan fingerprint density at radius 3 is 2.56 bits per heavy atom. The molecule has 2 aliphatic rings. The smallest absolute Gasteiger partial charge is 0.316 e. The predicted molar refractivity (Wildman–Crippen MR) is 162 cm³/mol. The number of rotatable bonds is 9. The van der Waals surface area contributed by atoms with Gasteiger partial charge in [-0.15, -0.1) is 0 Å². The Bertz CT molecular complexity index is 1890. The first kappa shape index (κ1) is 29.0. The van der Waals surface area contributed by atoms with Gasteiger partial charge in [0, 0.05) is 53.8 Å². The van der Waals surface area contributed by atoms with Crippen molar-refractivity contribution < 1.29 is 18.1 Å². The van der Waals surface area contributed by atoms with E-state index in [0.717, 1.165) is 12.8 Å². The third-order valence-electron chi connectivity index (χ3n) is 7.96. The van der Waals surface area contributed by atoms with Crippen molar-refractivity contribution in [1.29, 1.82) is 0 Å². The molecule has 224 valence electrons. The molecule has 0 spiro atoms. The first-order chi connectivity index (χ1) is 20.5. The lowest BCUT2D eigenvalue weighted by molar-refractivity contribution is -0.383. The van der Waals surface area contributed by atoms with Crippen molar-refractivity contribution in [3.05, 3.63) is 92.0 Å². The quantitative estimate of drug-likeness (QED) is 0.198. The zero-order valence-electron chi connectivity index (χ0n) is 23.3. The van der Waals surface area contributed by atoms with Gasteiger partial charge in [-0.25, -0.2) is 13.4 Å². The zero-order chi connectivity index (χ0) is 30.4. The second-order valence-electron chi connectivity index (χ2n) is 11.2. The number of sulfonamides is 1. The number of ether oxygens (including phenoxy) is 1. The highest BCUT2D eigenvalue weighted by atomic mass is 35.5. The van der Waals surface area contributed by atoms with Gasteiger partial charge in [0.2, 0.25) is 15.8 Å². The monoisotopic (exact) mass is 624 g/mol. The van der Waals surface area contributed by atoms with E-state index in [1.807, 2.05) is 4.90 Å². The minimum absolute atomic E-state index is 0.0154. The van der Waals surface area contributed by atoms with Gasteiger partial charge >= 0.3 is 5.56 Å². The maximum absolute atomic E-state index is 13.6. The van der Waals surface area contributed by atoms with E-state index in [2.05, 4.69) is 17.0 Å². The third kappa shape index (κ3) is 5.92. The van der Waals surface area contributed by atoms with Crippen LogP contribution in [0.5, 0.6) is 5.75 Å². The molecule has 0 bridgehead atoms. The SMILES string of the molecule is CC1(COc2c(N3CCN(S(=O)(=O)Cc4ccc5cccnc5c4[N+](=O)[O-])CC3)cnn(-c3cccc(Cl)c3)c2=O)CC1. The van der Waals surface area contributed by atoms with Crippen LogP contribution in [-0.4, -0.2) is 65.2 Å². The molecule has 0 unspecified atom stereocenters. The van der Waals surface area contributed by atoms with Crippen LogP contribution in [0.2, 0.25) is 5.02 Å². The second kappa shape index (κ2) is 11.2. The van der Waals surface area contributed by atoms with E-state index in [0.29, 0.717) is 28.4 Å². The molecule has 1 saturated heterocycles. The molecular weight excluding hydrogens is 596 g/mol. The summed E-state index contributed by atoms with van der Waals surface area (Å²) in [5.74, 6) is -0.376. The average molecular weight is 625 g/mol. The predicted octanol–water partition coefficient (Wildman–Crippen LogP) is 4.17. The van der Waals surface area contributed by atoms with Crippen LogP contribution in [0.3, 0.4) is 0 Å².